The van der Waals surface area contributed by atoms with Gasteiger partial charge in [-0.2, -0.15) is 0 Å². The number of amides is 2. The first-order chi connectivity index (χ1) is 17.3. The summed E-state index contributed by atoms with van der Waals surface area (Å²) >= 11 is 1.17. The molecule has 2 amide bonds. The van der Waals surface area contributed by atoms with Gasteiger partial charge in [0.1, 0.15) is 5.82 Å². The Morgan fingerprint density at radius 1 is 1.17 bits per heavy atom. The summed E-state index contributed by atoms with van der Waals surface area (Å²) in [5.41, 5.74) is 0.859. The van der Waals surface area contributed by atoms with E-state index in [1.165, 1.54) is 30.0 Å². The Kier molecular flexibility index (Phi) is 9.34. The highest BCUT2D eigenvalue weighted by Gasteiger charge is 2.21. The number of rotatable bonds is 11. The molecular formula is C25H26FN5O4S. The summed E-state index contributed by atoms with van der Waals surface area (Å²) < 4.78 is 20.6. The lowest BCUT2D eigenvalue weighted by atomic mass is 10.2. The number of anilines is 1. The first kappa shape index (κ1) is 26.6. The fourth-order valence-corrected chi connectivity index (χ4v) is 4.00. The highest BCUT2D eigenvalue weighted by molar-refractivity contribution is 7.99. The van der Waals surface area contributed by atoms with Crippen LogP contribution in [-0.4, -0.2) is 44.9 Å². The van der Waals surface area contributed by atoms with Crippen LogP contribution in [0.3, 0.4) is 0 Å². The molecule has 0 fully saturated rings. The van der Waals surface area contributed by atoms with Crippen molar-refractivity contribution in [3.05, 3.63) is 84.0 Å². The van der Waals surface area contributed by atoms with Crippen LogP contribution in [0.4, 0.5) is 10.1 Å². The minimum absolute atomic E-state index is 0.0465. The van der Waals surface area contributed by atoms with E-state index in [4.69, 9.17) is 4.74 Å². The summed E-state index contributed by atoms with van der Waals surface area (Å²) in [5, 5.41) is 14.3. The predicted molar refractivity (Wildman–Crippen MR) is 134 cm³/mol. The van der Waals surface area contributed by atoms with Crippen LogP contribution in [0.5, 0.6) is 0 Å². The third kappa shape index (κ3) is 6.79. The number of carbonyl (C=O) groups is 3. The van der Waals surface area contributed by atoms with E-state index in [-0.39, 0.29) is 23.8 Å². The molecule has 0 aliphatic carbocycles. The van der Waals surface area contributed by atoms with E-state index in [2.05, 4.69) is 27.4 Å². The number of allylic oxidation sites excluding steroid dienone is 1. The molecule has 9 nitrogen and oxygen atoms in total. The van der Waals surface area contributed by atoms with Crippen LogP contribution < -0.4 is 10.6 Å². The quantitative estimate of drug-likeness (QED) is 0.227. The van der Waals surface area contributed by atoms with Crippen LogP contribution in [-0.2, 0) is 16.1 Å². The van der Waals surface area contributed by atoms with Gasteiger partial charge in [0.15, 0.2) is 11.0 Å². The van der Waals surface area contributed by atoms with Gasteiger partial charge in [-0.15, -0.1) is 16.8 Å². The molecule has 0 bridgehead atoms. The van der Waals surface area contributed by atoms with Gasteiger partial charge in [0.2, 0.25) is 5.91 Å². The molecule has 2 N–H and O–H groups in total. The summed E-state index contributed by atoms with van der Waals surface area (Å²) in [6, 6.07) is 11.5. The molecule has 0 saturated heterocycles. The van der Waals surface area contributed by atoms with Gasteiger partial charge >= 0.3 is 5.97 Å². The normalized spacial score (nSPS) is 11.4. The number of esters is 1. The second kappa shape index (κ2) is 12.6. The van der Waals surface area contributed by atoms with Crippen molar-refractivity contribution in [1.82, 2.24) is 20.1 Å². The van der Waals surface area contributed by atoms with Crippen molar-refractivity contribution in [2.24, 2.45) is 0 Å². The number of nitrogens with zero attached hydrogens (tertiary/aromatic N) is 3. The highest BCUT2D eigenvalue weighted by Crippen LogP contribution is 2.22. The Hall–Kier alpha value is -3.99. The molecule has 3 aromatic rings. The molecule has 0 spiro atoms. The number of halogens is 1. The average molecular weight is 512 g/mol. The van der Waals surface area contributed by atoms with Crippen molar-refractivity contribution >= 4 is 35.2 Å². The molecule has 0 aliphatic rings. The van der Waals surface area contributed by atoms with Gasteiger partial charge in [-0.1, -0.05) is 30.0 Å². The average Bonchev–Trinajstić information content (AvgIpc) is 3.26. The van der Waals surface area contributed by atoms with Crippen LogP contribution >= 0.6 is 11.8 Å². The Balaban J connectivity index is 1.62. The molecule has 3 rings (SSSR count). The largest absolute Gasteiger partial charge is 0.462 e. The molecule has 1 atom stereocenters. The third-order valence-corrected chi connectivity index (χ3v) is 5.89. The van der Waals surface area contributed by atoms with Gasteiger partial charge in [-0.3, -0.25) is 9.59 Å². The summed E-state index contributed by atoms with van der Waals surface area (Å²) in [6.07, 6.45) is 1.65. The van der Waals surface area contributed by atoms with Crippen molar-refractivity contribution < 1.29 is 23.5 Å². The van der Waals surface area contributed by atoms with E-state index < -0.39 is 23.7 Å². The predicted octanol–water partition coefficient (Wildman–Crippen LogP) is 4.00. The Morgan fingerprint density at radius 2 is 1.89 bits per heavy atom. The van der Waals surface area contributed by atoms with Crippen molar-refractivity contribution in [1.29, 1.82) is 0 Å². The van der Waals surface area contributed by atoms with Gasteiger partial charge in [0.05, 0.1) is 29.5 Å². The highest BCUT2D eigenvalue weighted by atomic mass is 32.2. The van der Waals surface area contributed by atoms with Gasteiger partial charge in [0.25, 0.3) is 5.91 Å². The number of aromatic nitrogens is 3. The molecule has 188 valence electrons. The Labute approximate surface area is 212 Å². The molecule has 1 aromatic heterocycles. The molecular weight excluding hydrogens is 485 g/mol. The van der Waals surface area contributed by atoms with Crippen LogP contribution in [0.2, 0.25) is 0 Å². The number of ether oxygens (including phenoxy) is 1. The molecule has 11 heteroatoms. The molecule has 0 unspecified atom stereocenters. The van der Waals surface area contributed by atoms with Crippen molar-refractivity contribution in [2.75, 3.05) is 17.7 Å². The summed E-state index contributed by atoms with van der Waals surface area (Å²) in [7, 11) is 0. The zero-order chi connectivity index (χ0) is 26.1. The van der Waals surface area contributed by atoms with Crippen LogP contribution in [0.1, 0.15) is 46.4 Å². The van der Waals surface area contributed by atoms with Crippen LogP contribution in [0, 0.1) is 5.82 Å². The summed E-state index contributed by atoms with van der Waals surface area (Å²) in [4.78, 5) is 36.7. The topological polar surface area (TPSA) is 115 Å². The van der Waals surface area contributed by atoms with E-state index in [9.17, 15) is 18.8 Å². The van der Waals surface area contributed by atoms with E-state index in [1.54, 1.807) is 54.8 Å². The molecule has 36 heavy (non-hydrogen) atoms. The number of hydrogen-bond donors (Lipinski definition) is 2. The van der Waals surface area contributed by atoms with Gasteiger partial charge in [-0.25, -0.2) is 9.18 Å². The lowest BCUT2D eigenvalue weighted by Crippen LogP contribution is -2.29. The number of benzene rings is 2. The zero-order valence-corrected chi connectivity index (χ0v) is 20.7. The summed E-state index contributed by atoms with van der Waals surface area (Å²) in [6.45, 7) is 7.81. The minimum atomic E-state index is -0.618. The molecule has 0 saturated carbocycles. The minimum Gasteiger partial charge on any atom is -0.462 e. The number of hydrogen-bond acceptors (Lipinski definition) is 7. The second-order valence-corrected chi connectivity index (χ2v) is 8.49. The standard InChI is InChI=1S/C25H26FN5O4S/c1-4-14-31-22(16(3)27-23(33)19-8-6-7-9-20(19)26)29-30-25(31)36-15-21(32)28-18-12-10-17(11-13-18)24(34)35-5-2/h4,6-13,16H,1,5,14-15H2,2-3H3,(H,27,33)(H,28,32)/t16-/m0/s1. The monoisotopic (exact) mass is 511 g/mol. The second-order valence-electron chi connectivity index (χ2n) is 7.55. The third-order valence-electron chi connectivity index (χ3n) is 4.92. The zero-order valence-electron chi connectivity index (χ0n) is 19.9. The van der Waals surface area contributed by atoms with E-state index in [0.29, 0.717) is 28.8 Å². The maximum absolute atomic E-state index is 13.9. The Morgan fingerprint density at radius 3 is 2.56 bits per heavy atom. The summed E-state index contributed by atoms with van der Waals surface area (Å²) in [5.74, 6) is -1.41. The lowest BCUT2D eigenvalue weighted by molar-refractivity contribution is -0.113. The van der Waals surface area contributed by atoms with Gasteiger partial charge in [0, 0.05) is 12.2 Å². The number of carbonyl (C=O) groups excluding carboxylic acids is 3. The van der Waals surface area contributed by atoms with Crippen molar-refractivity contribution in [3.8, 4) is 0 Å². The number of nitrogens with one attached hydrogen (secondary N) is 2. The molecule has 0 radical (unpaired) electrons. The van der Waals surface area contributed by atoms with Crippen LogP contribution in [0.25, 0.3) is 0 Å². The van der Waals surface area contributed by atoms with E-state index in [1.807, 2.05) is 0 Å². The Bertz CT molecular complexity index is 1250. The fourth-order valence-electron chi connectivity index (χ4n) is 3.24. The number of thioether (sulfide) groups is 1. The lowest BCUT2D eigenvalue weighted by Gasteiger charge is -2.15. The first-order valence-electron chi connectivity index (χ1n) is 11.1. The first-order valence-corrected chi connectivity index (χ1v) is 12.1. The van der Waals surface area contributed by atoms with E-state index in [0.717, 1.165) is 0 Å². The fraction of sp³-hybridized carbons (Fsp3) is 0.240. The van der Waals surface area contributed by atoms with Crippen molar-refractivity contribution in [2.45, 2.75) is 31.6 Å². The maximum atomic E-state index is 13.9. The SMILES string of the molecule is C=CCn1c(SCC(=O)Nc2ccc(C(=O)OCC)cc2)nnc1[C@H](C)NC(=O)c1ccccc1F. The molecule has 2 aromatic carbocycles. The van der Waals surface area contributed by atoms with E-state index >= 15 is 0 Å². The van der Waals surface area contributed by atoms with Gasteiger partial charge < -0.3 is 19.9 Å². The van der Waals surface area contributed by atoms with Crippen LogP contribution in [0.15, 0.2) is 66.3 Å². The maximum Gasteiger partial charge on any atom is 0.338 e. The van der Waals surface area contributed by atoms with Gasteiger partial charge in [-0.05, 0) is 50.2 Å². The smallest absolute Gasteiger partial charge is 0.338 e. The molecule has 0 aliphatic heterocycles. The molecule has 1 heterocycles. The van der Waals surface area contributed by atoms with Crippen molar-refractivity contribution in [3.63, 3.8) is 0 Å².